The lowest BCUT2D eigenvalue weighted by molar-refractivity contribution is -0.144. The number of rotatable bonds is 7. The Morgan fingerprint density at radius 3 is 2.65 bits per heavy atom. The van der Waals surface area contributed by atoms with Crippen molar-refractivity contribution in [2.45, 2.75) is 45.2 Å². The van der Waals surface area contributed by atoms with Gasteiger partial charge in [0, 0.05) is 6.04 Å². The van der Waals surface area contributed by atoms with Gasteiger partial charge in [-0.15, -0.1) is 0 Å². The van der Waals surface area contributed by atoms with Gasteiger partial charge in [-0.05, 0) is 38.0 Å². The minimum atomic E-state index is -0.973. The van der Waals surface area contributed by atoms with Crippen LogP contribution in [-0.4, -0.2) is 28.8 Å². The molecule has 5 nitrogen and oxygen atoms in total. The molecule has 3 N–H and O–H groups in total. The van der Waals surface area contributed by atoms with Crippen LogP contribution in [-0.2, 0) is 4.79 Å². The normalized spacial score (nSPS) is 15.4. The largest absolute Gasteiger partial charge is 0.504 e. The van der Waals surface area contributed by atoms with Crippen LogP contribution in [0.25, 0.3) is 0 Å². The summed E-state index contributed by atoms with van der Waals surface area (Å²) in [5, 5.41) is 22.1. The third-order valence-corrected chi connectivity index (χ3v) is 3.46. The van der Waals surface area contributed by atoms with E-state index in [4.69, 9.17) is 4.74 Å². The lowest BCUT2D eigenvalue weighted by Gasteiger charge is -2.30. The Bertz CT molecular complexity index is 475. The van der Waals surface area contributed by atoms with Crippen molar-refractivity contribution >= 4 is 5.97 Å². The Morgan fingerprint density at radius 2 is 2.15 bits per heavy atom. The number of ether oxygens (including phenoxy) is 1. The van der Waals surface area contributed by atoms with Crippen LogP contribution in [0.3, 0.4) is 0 Å². The highest BCUT2D eigenvalue weighted by Gasteiger charge is 2.33. The summed E-state index contributed by atoms with van der Waals surface area (Å²) in [5.74, 6) is -0.418. The van der Waals surface area contributed by atoms with Crippen molar-refractivity contribution in [3.8, 4) is 11.5 Å². The van der Waals surface area contributed by atoms with Gasteiger partial charge in [0.15, 0.2) is 11.5 Å². The molecule has 0 aliphatic rings. The predicted molar refractivity (Wildman–Crippen MR) is 77.2 cm³/mol. The average molecular weight is 281 g/mol. The number of hydrogen-bond donors (Lipinski definition) is 3. The number of phenolic OH excluding ortho intramolecular Hbond substituents is 1. The maximum absolute atomic E-state index is 11.4. The first kappa shape index (κ1) is 16.3. The zero-order valence-corrected chi connectivity index (χ0v) is 12.4. The average Bonchev–Trinajstić information content (AvgIpc) is 2.39. The molecule has 2 unspecified atom stereocenters. The number of carboxylic acids is 1. The Labute approximate surface area is 119 Å². The molecule has 0 amide bonds. The van der Waals surface area contributed by atoms with E-state index in [-0.39, 0.29) is 11.8 Å². The van der Waals surface area contributed by atoms with Gasteiger partial charge in [0.2, 0.25) is 0 Å². The standard InChI is InChI=1S/C15H23NO4/c1-5-8-15(3,14(18)19)16-10(2)11-6-7-12(17)13(9-11)20-4/h6-7,9-10,16-17H,5,8H2,1-4H3,(H,18,19). The van der Waals surface area contributed by atoms with E-state index in [0.29, 0.717) is 12.2 Å². The van der Waals surface area contributed by atoms with Crippen LogP contribution in [0.15, 0.2) is 18.2 Å². The molecular weight excluding hydrogens is 258 g/mol. The van der Waals surface area contributed by atoms with Gasteiger partial charge in [0.1, 0.15) is 5.54 Å². The van der Waals surface area contributed by atoms with Gasteiger partial charge >= 0.3 is 5.97 Å². The van der Waals surface area contributed by atoms with Gasteiger partial charge in [-0.25, -0.2) is 0 Å². The van der Waals surface area contributed by atoms with Gasteiger partial charge in [-0.2, -0.15) is 0 Å². The molecule has 0 spiro atoms. The molecule has 0 aliphatic heterocycles. The molecule has 5 heteroatoms. The Kier molecular flexibility index (Phi) is 5.39. The molecule has 20 heavy (non-hydrogen) atoms. The van der Waals surface area contributed by atoms with Crippen LogP contribution in [0.2, 0.25) is 0 Å². The molecule has 0 heterocycles. The van der Waals surface area contributed by atoms with Crippen molar-refractivity contribution in [3.63, 3.8) is 0 Å². The van der Waals surface area contributed by atoms with E-state index in [9.17, 15) is 15.0 Å². The monoisotopic (exact) mass is 281 g/mol. The van der Waals surface area contributed by atoms with Crippen LogP contribution in [0.4, 0.5) is 0 Å². The smallest absolute Gasteiger partial charge is 0.323 e. The number of nitrogens with one attached hydrogen (secondary N) is 1. The van der Waals surface area contributed by atoms with Crippen molar-refractivity contribution < 1.29 is 19.7 Å². The number of hydrogen-bond acceptors (Lipinski definition) is 4. The van der Waals surface area contributed by atoms with Gasteiger partial charge in [0.05, 0.1) is 7.11 Å². The first-order chi connectivity index (χ1) is 9.34. The van der Waals surface area contributed by atoms with Crippen molar-refractivity contribution in [1.82, 2.24) is 5.32 Å². The van der Waals surface area contributed by atoms with E-state index in [0.717, 1.165) is 12.0 Å². The highest BCUT2D eigenvalue weighted by Crippen LogP contribution is 2.30. The predicted octanol–water partition coefficient (Wildman–Crippen LogP) is 2.69. The molecule has 0 fully saturated rings. The van der Waals surface area contributed by atoms with E-state index in [1.807, 2.05) is 13.8 Å². The molecule has 112 valence electrons. The summed E-state index contributed by atoms with van der Waals surface area (Å²) < 4.78 is 5.07. The SMILES string of the molecule is CCCC(C)(NC(C)c1ccc(O)c(OC)c1)C(=O)O. The van der Waals surface area contributed by atoms with Crippen LogP contribution in [0.1, 0.15) is 45.2 Å². The molecule has 0 saturated carbocycles. The van der Waals surface area contributed by atoms with E-state index in [1.165, 1.54) is 7.11 Å². The topological polar surface area (TPSA) is 78.8 Å². The molecule has 0 aromatic heterocycles. The number of phenols is 1. The summed E-state index contributed by atoms with van der Waals surface area (Å²) in [7, 11) is 1.48. The minimum Gasteiger partial charge on any atom is -0.504 e. The number of aliphatic carboxylic acids is 1. The molecule has 2 atom stereocenters. The van der Waals surface area contributed by atoms with E-state index in [1.54, 1.807) is 25.1 Å². The molecular formula is C15H23NO4. The van der Waals surface area contributed by atoms with Gasteiger partial charge in [-0.1, -0.05) is 19.4 Å². The quantitative estimate of drug-likeness (QED) is 0.716. The number of aromatic hydroxyl groups is 1. The summed E-state index contributed by atoms with van der Waals surface area (Å²) in [6.07, 6.45) is 1.32. The third kappa shape index (κ3) is 3.63. The zero-order valence-electron chi connectivity index (χ0n) is 12.4. The molecule has 0 bridgehead atoms. The molecule has 1 aromatic rings. The molecule has 1 aromatic carbocycles. The fraction of sp³-hybridized carbons (Fsp3) is 0.533. The number of carbonyl (C=O) groups is 1. The van der Waals surface area contributed by atoms with E-state index >= 15 is 0 Å². The van der Waals surface area contributed by atoms with E-state index < -0.39 is 11.5 Å². The fourth-order valence-electron chi connectivity index (χ4n) is 2.27. The Morgan fingerprint density at radius 1 is 1.50 bits per heavy atom. The van der Waals surface area contributed by atoms with Crippen molar-refractivity contribution in [2.24, 2.45) is 0 Å². The Balaban J connectivity index is 2.94. The van der Waals surface area contributed by atoms with Crippen LogP contribution in [0, 0.1) is 0 Å². The Hall–Kier alpha value is -1.75. The summed E-state index contributed by atoms with van der Waals surface area (Å²) in [4.78, 5) is 11.4. The van der Waals surface area contributed by atoms with Gasteiger partial charge < -0.3 is 14.9 Å². The number of methoxy groups -OCH3 is 1. The van der Waals surface area contributed by atoms with Crippen LogP contribution in [0.5, 0.6) is 11.5 Å². The second-order valence-electron chi connectivity index (χ2n) is 5.18. The minimum absolute atomic E-state index is 0.0676. The fourth-order valence-corrected chi connectivity index (χ4v) is 2.27. The summed E-state index contributed by atoms with van der Waals surface area (Å²) >= 11 is 0. The second kappa shape index (κ2) is 6.61. The first-order valence-electron chi connectivity index (χ1n) is 6.72. The van der Waals surface area contributed by atoms with Gasteiger partial charge in [0.25, 0.3) is 0 Å². The highest BCUT2D eigenvalue weighted by atomic mass is 16.5. The van der Waals surface area contributed by atoms with Crippen molar-refractivity contribution in [3.05, 3.63) is 23.8 Å². The van der Waals surface area contributed by atoms with Crippen LogP contribution >= 0.6 is 0 Å². The lowest BCUT2D eigenvalue weighted by Crippen LogP contribution is -2.50. The highest BCUT2D eigenvalue weighted by molar-refractivity contribution is 5.78. The van der Waals surface area contributed by atoms with Crippen LogP contribution < -0.4 is 10.1 Å². The summed E-state index contributed by atoms with van der Waals surface area (Å²) in [6, 6.07) is 4.84. The summed E-state index contributed by atoms with van der Waals surface area (Å²) in [5.41, 5.74) is -0.109. The van der Waals surface area contributed by atoms with E-state index in [2.05, 4.69) is 5.32 Å². The first-order valence-corrected chi connectivity index (χ1v) is 6.72. The second-order valence-corrected chi connectivity index (χ2v) is 5.18. The zero-order chi connectivity index (χ0) is 15.3. The lowest BCUT2D eigenvalue weighted by atomic mass is 9.94. The van der Waals surface area contributed by atoms with Crippen molar-refractivity contribution in [1.29, 1.82) is 0 Å². The molecule has 0 aliphatic carbocycles. The number of carboxylic acid groups (broad SMARTS) is 1. The molecule has 1 rings (SSSR count). The maximum atomic E-state index is 11.4. The third-order valence-electron chi connectivity index (χ3n) is 3.46. The molecule has 0 radical (unpaired) electrons. The maximum Gasteiger partial charge on any atom is 0.323 e. The number of benzene rings is 1. The molecule has 0 saturated heterocycles. The van der Waals surface area contributed by atoms with Gasteiger partial charge in [-0.3, -0.25) is 10.1 Å². The summed E-state index contributed by atoms with van der Waals surface area (Å²) in [6.45, 7) is 5.53. The van der Waals surface area contributed by atoms with Crippen molar-refractivity contribution in [2.75, 3.05) is 7.11 Å².